The lowest BCUT2D eigenvalue weighted by Gasteiger charge is -2.38. The Balaban J connectivity index is 1.27. The number of amides is 1. The molecule has 1 amide bonds. The molecule has 3 aliphatic rings. The zero-order valence-electron chi connectivity index (χ0n) is 19.9. The first-order chi connectivity index (χ1) is 17.0. The number of carbonyl (C=O) groups is 1. The molecule has 5 nitrogen and oxygen atoms in total. The Bertz CT molecular complexity index is 1350. The van der Waals surface area contributed by atoms with Crippen LogP contribution in [0.4, 0.5) is 23.4 Å². The van der Waals surface area contributed by atoms with Crippen molar-refractivity contribution in [2.45, 2.75) is 49.9 Å². The smallest absolute Gasteiger partial charge is 0.363 e. The number of nitrogens with zero attached hydrogens (tertiary/aromatic N) is 3. The van der Waals surface area contributed by atoms with Crippen molar-refractivity contribution in [1.29, 1.82) is 0 Å². The minimum absolute atomic E-state index is 0.0107. The third-order valence-electron chi connectivity index (χ3n) is 8.06. The molecule has 0 radical (unpaired) electrons. The van der Waals surface area contributed by atoms with Gasteiger partial charge in [0.1, 0.15) is 17.2 Å². The molecule has 3 aromatic rings. The Labute approximate surface area is 206 Å². The minimum atomic E-state index is -4.60. The second-order valence-electron chi connectivity index (χ2n) is 10.9. The molecular weight excluding hydrogens is 472 g/mol. The van der Waals surface area contributed by atoms with E-state index < -0.39 is 23.0 Å². The minimum Gasteiger partial charge on any atom is -0.363 e. The Morgan fingerprint density at radius 1 is 1.11 bits per heavy atom. The summed E-state index contributed by atoms with van der Waals surface area (Å²) in [6.45, 7) is 4.88. The fraction of sp³-hybridized carbons (Fsp3) is 0.407. The molecule has 0 spiro atoms. The van der Waals surface area contributed by atoms with E-state index in [1.54, 1.807) is 11.1 Å². The molecule has 1 unspecified atom stereocenters. The summed E-state index contributed by atoms with van der Waals surface area (Å²) in [5.74, 6) is -0.383. The maximum absolute atomic E-state index is 14.8. The number of fused-ring (bicyclic) bond motifs is 2. The highest BCUT2D eigenvalue weighted by Crippen LogP contribution is 2.60. The molecule has 1 aliphatic carbocycles. The summed E-state index contributed by atoms with van der Waals surface area (Å²) in [5, 5.41) is 8.02. The number of anilines is 1. The number of alkyl halides is 3. The largest absolute Gasteiger partial charge is 0.416 e. The van der Waals surface area contributed by atoms with E-state index in [1.807, 2.05) is 22.9 Å². The van der Waals surface area contributed by atoms with Crippen molar-refractivity contribution in [1.82, 2.24) is 14.7 Å². The van der Waals surface area contributed by atoms with Crippen LogP contribution in [-0.4, -0.2) is 33.7 Å². The second-order valence-corrected chi connectivity index (χ2v) is 10.9. The summed E-state index contributed by atoms with van der Waals surface area (Å²) >= 11 is 0. The number of hydrogen-bond donors (Lipinski definition) is 1. The van der Waals surface area contributed by atoms with Crippen molar-refractivity contribution in [3.63, 3.8) is 0 Å². The van der Waals surface area contributed by atoms with Gasteiger partial charge in [-0.15, -0.1) is 0 Å². The standard InChI is InChI=1S/C27H26F4N4O/c1-25(2)12-22(16-6-4-3-5-7-16)33-23-19(13-32-35(23)25)24(36)34-14-18-11-26(18,15-34)20-9-8-17(10-21(20)28)27(29,30)31/h3-10,13,18,22,33H,11-12,14-15H2,1-2H3/t18-,22+,26?/m0/s1. The summed E-state index contributed by atoms with van der Waals surface area (Å²) in [5.41, 5.74) is -0.121. The quantitative estimate of drug-likeness (QED) is 0.468. The lowest BCUT2D eigenvalue weighted by Crippen LogP contribution is -2.39. The highest BCUT2D eigenvalue weighted by Gasteiger charge is 2.63. The van der Waals surface area contributed by atoms with Crippen LogP contribution >= 0.6 is 0 Å². The van der Waals surface area contributed by atoms with Gasteiger partial charge >= 0.3 is 6.18 Å². The molecule has 1 saturated heterocycles. The lowest BCUT2D eigenvalue weighted by atomic mass is 9.89. The van der Waals surface area contributed by atoms with E-state index in [-0.39, 0.29) is 35.5 Å². The SMILES string of the molecule is CC1(C)C[C@H](c2ccccc2)Nc2c(C(=O)N3C[C@@H]4CC4(c4ccc(C(F)(F)F)cc4F)C3)cnn21. The summed E-state index contributed by atoms with van der Waals surface area (Å²) in [6, 6.07) is 12.8. The van der Waals surface area contributed by atoms with Crippen molar-refractivity contribution < 1.29 is 22.4 Å². The molecule has 3 atom stereocenters. The normalized spacial score (nSPS) is 26.2. The highest BCUT2D eigenvalue weighted by molar-refractivity contribution is 5.99. The van der Waals surface area contributed by atoms with Crippen LogP contribution in [0.3, 0.4) is 0 Å². The van der Waals surface area contributed by atoms with E-state index in [4.69, 9.17) is 0 Å². The molecule has 9 heteroatoms. The molecule has 0 bridgehead atoms. The first-order valence-electron chi connectivity index (χ1n) is 12.1. The van der Waals surface area contributed by atoms with Crippen molar-refractivity contribution >= 4 is 11.7 Å². The fourth-order valence-electron chi connectivity index (χ4n) is 6.11. The van der Waals surface area contributed by atoms with Crippen LogP contribution in [0.15, 0.2) is 54.7 Å². The number of rotatable bonds is 3. The van der Waals surface area contributed by atoms with Crippen molar-refractivity contribution in [3.05, 3.63) is 82.8 Å². The third-order valence-corrected chi connectivity index (χ3v) is 8.06. The molecule has 2 aromatic carbocycles. The number of halogens is 4. The molecule has 1 aromatic heterocycles. The van der Waals surface area contributed by atoms with Crippen molar-refractivity contribution in [3.8, 4) is 0 Å². The molecule has 2 fully saturated rings. The monoisotopic (exact) mass is 498 g/mol. The van der Waals surface area contributed by atoms with Crippen LogP contribution in [0.5, 0.6) is 0 Å². The Morgan fingerprint density at radius 3 is 2.56 bits per heavy atom. The maximum Gasteiger partial charge on any atom is 0.416 e. The summed E-state index contributed by atoms with van der Waals surface area (Å²) in [6.07, 6.45) is -1.57. The van der Waals surface area contributed by atoms with Gasteiger partial charge in [-0.25, -0.2) is 9.07 Å². The number of hydrogen-bond acceptors (Lipinski definition) is 3. The van der Waals surface area contributed by atoms with E-state index in [9.17, 15) is 22.4 Å². The van der Waals surface area contributed by atoms with Crippen LogP contribution in [-0.2, 0) is 17.1 Å². The predicted molar refractivity (Wildman–Crippen MR) is 126 cm³/mol. The first kappa shape index (κ1) is 23.1. The van der Waals surface area contributed by atoms with Crippen molar-refractivity contribution in [2.75, 3.05) is 18.4 Å². The van der Waals surface area contributed by atoms with Gasteiger partial charge < -0.3 is 10.2 Å². The molecule has 1 saturated carbocycles. The van der Waals surface area contributed by atoms with Gasteiger partial charge in [0, 0.05) is 18.5 Å². The molecule has 1 N–H and O–H groups in total. The van der Waals surface area contributed by atoms with Crippen LogP contribution in [0.2, 0.25) is 0 Å². The zero-order valence-corrected chi connectivity index (χ0v) is 19.9. The number of aromatic nitrogens is 2. The highest BCUT2D eigenvalue weighted by atomic mass is 19.4. The number of piperidine rings is 1. The van der Waals surface area contributed by atoms with E-state index in [1.165, 1.54) is 6.07 Å². The van der Waals surface area contributed by atoms with Gasteiger partial charge in [0.15, 0.2) is 0 Å². The summed E-state index contributed by atoms with van der Waals surface area (Å²) < 4.78 is 55.7. The zero-order chi connectivity index (χ0) is 25.5. The summed E-state index contributed by atoms with van der Waals surface area (Å²) in [7, 11) is 0. The van der Waals surface area contributed by atoms with Gasteiger partial charge in [0.2, 0.25) is 0 Å². The van der Waals surface area contributed by atoms with Gasteiger partial charge in [0.25, 0.3) is 5.91 Å². The van der Waals surface area contributed by atoms with E-state index in [0.717, 1.165) is 18.1 Å². The number of nitrogens with one attached hydrogen (secondary N) is 1. The van der Waals surface area contributed by atoms with E-state index in [0.29, 0.717) is 30.4 Å². The summed E-state index contributed by atoms with van der Waals surface area (Å²) in [4.78, 5) is 15.3. The Morgan fingerprint density at radius 2 is 1.86 bits per heavy atom. The first-order valence-corrected chi connectivity index (χ1v) is 12.1. The van der Waals surface area contributed by atoms with Crippen LogP contribution in [0, 0.1) is 11.7 Å². The Kier molecular flexibility index (Phi) is 4.85. The molecular formula is C27H26F4N4O. The average molecular weight is 499 g/mol. The number of carbonyl (C=O) groups excluding carboxylic acids is 1. The van der Waals surface area contributed by atoms with Crippen LogP contribution in [0.25, 0.3) is 0 Å². The van der Waals surface area contributed by atoms with Crippen LogP contribution in [0.1, 0.15) is 59.8 Å². The molecule has 188 valence electrons. The second kappa shape index (κ2) is 7.57. The average Bonchev–Trinajstić information content (AvgIpc) is 3.15. The Hall–Kier alpha value is -3.36. The maximum atomic E-state index is 14.8. The van der Waals surface area contributed by atoms with Gasteiger partial charge in [-0.2, -0.15) is 18.3 Å². The predicted octanol–water partition coefficient (Wildman–Crippen LogP) is 5.75. The van der Waals surface area contributed by atoms with E-state index >= 15 is 0 Å². The van der Waals surface area contributed by atoms with Gasteiger partial charge in [0.05, 0.1) is 23.3 Å². The number of benzene rings is 2. The fourth-order valence-corrected chi connectivity index (χ4v) is 6.11. The van der Waals surface area contributed by atoms with Gasteiger partial charge in [-0.3, -0.25) is 4.79 Å². The van der Waals surface area contributed by atoms with Gasteiger partial charge in [-0.1, -0.05) is 36.4 Å². The topological polar surface area (TPSA) is 50.2 Å². The molecule has 2 aliphatic heterocycles. The molecule has 3 heterocycles. The third kappa shape index (κ3) is 3.50. The molecule has 6 rings (SSSR count). The van der Waals surface area contributed by atoms with Gasteiger partial charge in [-0.05, 0) is 55.9 Å². The molecule has 36 heavy (non-hydrogen) atoms. The van der Waals surface area contributed by atoms with Crippen molar-refractivity contribution in [2.24, 2.45) is 5.92 Å². The number of likely N-dealkylation sites (tertiary alicyclic amines) is 1. The van der Waals surface area contributed by atoms with Crippen LogP contribution < -0.4 is 5.32 Å². The lowest BCUT2D eigenvalue weighted by molar-refractivity contribution is -0.137. The van der Waals surface area contributed by atoms with E-state index in [2.05, 4.69) is 36.4 Å².